The first kappa shape index (κ1) is 19.0. The summed E-state index contributed by atoms with van der Waals surface area (Å²) in [6, 6.07) is 3.87. The molecule has 0 radical (unpaired) electrons. The van der Waals surface area contributed by atoms with Gasteiger partial charge in [-0.2, -0.15) is 0 Å². The Labute approximate surface area is 147 Å². The van der Waals surface area contributed by atoms with Gasteiger partial charge in [0, 0.05) is 24.8 Å². The molecule has 1 amide bonds. The van der Waals surface area contributed by atoms with Crippen molar-refractivity contribution < 1.29 is 23.5 Å². The van der Waals surface area contributed by atoms with Gasteiger partial charge in [0.2, 0.25) is 0 Å². The maximum absolute atomic E-state index is 13.4. The van der Waals surface area contributed by atoms with Crippen molar-refractivity contribution in [2.24, 2.45) is 0 Å². The fraction of sp³-hybridized carbons (Fsp3) is 0.556. The molecule has 1 atom stereocenters. The molecule has 0 aromatic heterocycles. The highest BCUT2D eigenvalue weighted by Crippen LogP contribution is 2.23. The van der Waals surface area contributed by atoms with Crippen molar-refractivity contribution in [2.75, 3.05) is 25.5 Å². The van der Waals surface area contributed by atoms with Crippen LogP contribution in [0.2, 0.25) is 0 Å². The highest BCUT2D eigenvalue weighted by Gasteiger charge is 2.28. The number of nitrogens with zero attached hydrogens (tertiary/aromatic N) is 1. The SMILES string of the molecule is COC(=O)c1cc(F)ccc1NC1CCCN(C(=O)OC(C)(C)C)C1. The number of piperidine rings is 1. The Hall–Kier alpha value is -2.31. The van der Waals surface area contributed by atoms with Crippen LogP contribution in [0, 0.1) is 5.82 Å². The number of carbonyl (C=O) groups is 2. The van der Waals surface area contributed by atoms with Gasteiger partial charge >= 0.3 is 12.1 Å². The van der Waals surface area contributed by atoms with Crippen LogP contribution in [0.15, 0.2) is 18.2 Å². The minimum Gasteiger partial charge on any atom is -0.465 e. The molecule has 1 unspecified atom stereocenters. The van der Waals surface area contributed by atoms with Crippen molar-refractivity contribution in [3.63, 3.8) is 0 Å². The van der Waals surface area contributed by atoms with E-state index in [1.165, 1.54) is 19.2 Å². The van der Waals surface area contributed by atoms with Gasteiger partial charge in [0.05, 0.1) is 12.7 Å². The minimum atomic E-state index is -0.609. The van der Waals surface area contributed by atoms with E-state index < -0.39 is 17.4 Å². The van der Waals surface area contributed by atoms with Crippen LogP contribution in [-0.2, 0) is 9.47 Å². The molecule has 6 nitrogen and oxygen atoms in total. The third kappa shape index (κ3) is 5.34. The van der Waals surface area contributed by atoms with Gasteiger partial charge in [-0.1, -0.05) is 0 Å². The maximum atomic E-state index is 13.4. The summed E-state index contributed by atoms with van der Waals surface area (Å²) in [6.45, 7) is 6.55. The number of ether oxygens (including phenoxy) is 2. The molecule has 1 aliphatic rings. The topological polar surface area (TPSA) is 67.9 Å². The van der Waals surface area contributed by atoms with Crippen LogP contribution in [0.1, 0.15) is 44.0 Å². The van der Waals surface area contributed by atoms with E-state index in [-0.39, 0.29) is 17.7 Å². The highest BCUT2D eigenvalue weighted by molar-refractivity contribution is 5.95. The Morgan fingerprint density at radius 2 is 2.04 bits per heavy atom. The average Bonchev–Trinajstić information content (AvgIpc) is 2.54. The monoisotopic (exact) mass is 352 g/mol. The van der Waals surface area contributed by atoms with Crippen molar-refractivity contribution in [1.82, 2.24) is 4.90 Å². The molecule has 7 heteroatoms. The highest BCUT2D eigenvalue weighted by atomic mass is 19.1. The molecular formula is C18H25FN2O4. The molecule has 2 rings (SSSR count). The van der Waals surface area contributed by atoms with Crippen molar-refractivity contribution in [1.29, 1.82) is 0 Å². The summed E-state index contributed by atoms with van der Waals surface area (Å²) in [5.74, 6) is -1.12. The number of hydrogen-bond acceptors (Lipinski definition) is 5. The Morgan fingerprint density at radius 1 is 1.32 bits per heavy atom. The zero-order valence-corrected chi connectivity index (χ0v) is 15.1. The largest absolute Gasteiger partial charge is 0.465 e. The van der Waals surface area contributed by atoms with Gasteiger partial charge in [0.15, 0.2) is 0 Å². The first-order valence-electron chi connectivity index (χ1n) is 8.32. The summed E-state index contributed by atoms with van der Waals surface area (Å²) in [7, 11) is 1.25. The Balaban J connectivity index is 2.08. The molecule has 0 aliphatic carbocycles. The standard InChI is InChI=1S/C18H25FN2O4/c1-18(2,3)25-17(23)21-9-5-6-13(11-21)20-15-8-7-12(19)10-14(15)16(22)24-4/h7-8,10,13,20H,5-6,9,11H2,1-4H3. The number of likely N-dealkylation sites (tertiary alicyclic amines) is 1. The molecule has 0 spiro atoms. The average molecular weight is 352 g/mol. The van der Waals surface area contributed by atoms with E-state index in [0.29, 0.717) is 18.8 Å². The van der Waals surface area contributed by atoms with Crippen LogP contribution in [0.25, 0.3) is 0 Å². The molecule has 1 aromatic rings. The fourth-order valence-corrected chi connectivity index (χ4v) is 2.73. The van der Waals surface area contributed by atoms with E-state index in [1.54, 1.807) is 4.90 Å². The Kier molecular flexibility index (Phi) is 5.87. The Morgan fingerprint density at radius 3 is 2.68 bits per heavy atom. The molecule has 0 saturated carbocycles. The number of rotatable bonds is 3. The number of methoxy groups -OCH3 is 1. The number of halogens is 1. The van der Waals surface area contributed by atoms with Gasteiger partial charge in [-0.05, 0) is 51.8 Å². The molecule has 1 heterocycles. The molecule has 138 valence electrons. The van der Waals surface area contributed by atoms with E-state index in [0.717, 1.165) is 18.9 Å². The molecule has 1 N–H and O–H groups in total. The van der Waals surface area contributed by atoms with Crippen LogP contribution in [0.4, 0.5) is 14.9 Å². The van der Waals surface area contributed by atoms with Gasteiger partial charge in [-0.3, -0.25) is 0 Å². The van der Waals surface area contributed by atoms with Gasteiger partial charge < -0.3 is 19.7 Å². The quantitative estimate of drug-likeness (QED) is 0.844. The second-order valence-electron chi connectivity index (χ2n) is 7.09. The number of nitrogens with one attached hydrogen (secondary N) is 1. The van der Waals surface area contributed by atoms with E-state index >= 15 is 0 Å². The van der Waals surface area contributed by atoms with E-state index in [4.69, 9.17) is 9.47 Å². The summed E-state index contributed by atoms with van der Waals surface area (Å²) >= 11 is 0. The lowest BCUT2D eigenvalue weighted by Crippen LogP contribution is -2.47. The normalized spacial score (nSPS) is 17.8. The third-order valence-corrected chi connectivity index (χ3v) is 3.82. The number of hydrogen-bond donors (Lipinski definition) is 1. The lowest BCUT2D eigenvalue weighted by atomic mass is 10.0. The maximum Gasteiger partial charge on any atom is 0.410 e. The first-order valence-corrected chi connectivity index (χ1v) is 8.32. The van der Waals surface area contributed by atoms with Crippen LogP contribution >= 0.6 is 0 Å². The van der Waals surface area contributed by atoms with Gasteiger partial charge in [-0.15, -0.1) is 0 Å². The zero-order valence-electron chi connectivity index (χ0n) is 15.1. The lowest BCUT2D eigenvalue weighted by molar-refractivity contribution is 0.0206. The van der Waals surface area contributed by atoms with E-state index in [1.807, 2.05) is 20.8 Å². The zero-order chi connectivity index (χ0) is 18.6. The van der Waals surface area contributed by atoms with Crippen LogP contribution in [0.5, 0.6) is 0 Å². The van der Waals surface area contributed by atoms with E-state index in [9.17, 15) is 14.0 Å². The molecule has 1 aliphatic heterocycles. The van der Waals surface area contributed by atoms with Crippen molar-refractivity contribution >= 4 is 17.7 Å². The number of benzene rings is 1. The molecule has 1 fully saturated rings. The summed E-state index contributed by atoms with van der Waals surface area (Å²) in [5, 5.41) is 3.22. The van der Waals surface area contributed by atoms with Crippen LogP contribution in [-0.4, -0.2) is 48.8 Å². The van der Waals surface area contributed by atoms with Crippen molar-refractivity contribution in [2.45, 2.75) is 45.3 Å². The number of amides is 1. The first-order chi connectivity index (χ1) is 11.7. The second-order valence-corrected chi connectivity index (χ2v) is 7.09. The number of anilines is 1. The van der Waals surface area contributed by atoms with Gasteiger partial charge in [0.1, 0.15) is 11.4 Å². The smallest absolute Gasteiger partial charge is 0.410 e. The van der Waals surface area contributed by atoms with Gasteiger partial charge in [0.25, 0.3) is 0 Å². The number of esters is 1. The predicted octanol–water partition coefficient (Wildman–Crippen LogP) is 3.42. The second kappa shape index (κ2) is 7.72. The van der Waals surface area contributed by atoms with E-state index in [2.05, 4.69) is 5.32 Å². The lowest BCUT2D eigenvalue weighted by Gasteiger charge is -2.35. The summed E-state index contributed by atoms with van der Waals surface area (Å²) in [6.07, 6.45) is 1.29. The van der Waals surface area contributed by atoms with Crippen molar-refractivity contribution in [3.05, 3.63) is 29.6 Å². The summed E-state index contributed by atoms with van der Waals surface area (Å²) in [4.78, 5) is 25.7. The number of carbonyl (C=O) groups excluding carboxylic acids is 2. The molecule has 1 aromatic carbocycles. The molecule has 0 bridgehead atoms. The summed E-state index contributed by atoms with van der Waals surface area (Å²) in [5.41, 5.74) is 0.0770. The molecular weight excluding hydrogens is 327 g/mol. The van der Waals surface area contributed by atoms with Crippen molar-refractivity contribution in [3.8, 4) is 0 Å². The minimum absolute atomic E-state index is 0.0601. The Bertz CT molecular complexity index is 642. The van der Waals surface area contributed by atoms with Crippen LogP contribution in [0.3, 0.4) is 0 Å². The molecule has 25 heavy (non-hydrogen) atoms. The predicted molar refractivity (Wildman–Crippen MR) is 92.2 cm³/mol. The molecule has 1 saturated heterocycles. The van der Waals surface area contributed by atoms with Gasteiger partial charge in [-0.25, -0.2) is 14.0 Å². The van der Waals surface area contributed by atoms with Crippen LogP contribution < -0.4 is 5.32 Å². The summed E-state index contributed by atoms with van der Waals surface area (Å²) < 4.78 is 23.6. The fourth-order valence-electron chi connectivity index (χ4n) is 2.73. The third-order valence-electron chi connectivity index (χ3n) is 3.82.